The van der Waals surface area contributed by atoms with E-state index in [1.807, 2.05) is 12.1 Å². The topological polar surface area (TPSA) is 3.24 Å². The Kier molecular flexibility index (Phi) is 4.25. The van der Waals surface area contributed by atoms with Gasteiger partial charge in [0.15, 0.2) is 0 Å². The first-order valence-corrected chi connectivity index (χ1v) is 6.58. The largest absolute Gasteiger partial charge is 0.299 e. The highest BCUT2D eigenvalue weighted by Gasteiger charge is 2.17. The van der Waals surface area contributed by atoms with Crippen LogP contribution in [0.3, 0.4) is 0 Å². The monoisotopic (exact) mass is 237 g/mol. The van der Waals surface area contributed by atoms with Crippen LogP contribution in [0.5, 0.6) is 0 Å². The van der Waals surface area contributed by atoms with Crippen molar-refractivity contribution in [3.63, 3.8) is 0 Å². The molecule has 1 aromatic rings. The lowest BCUT2D eigenvalue weighted by molar-refractivity contribution is 0.184. The van der Waals surface area contributed by atoms with Crippen molar-refractivity contribution in [2.75, 3.05) is 7.05 Å². The summed E-state index contributed by atoms with van der Waals surface area (Å²) in [5.41, 5.74) is 1.32. The average molecular weight is 238 g/mol. The van der Waals surface area contributed by atoms with Gasteiger partial charge in [0.25, 0.3) is 0 Å². The van der Waals surface area contributed by atoms with E-state index in [-0.39, 0.29) is 0 Å². The summed E-state index contributed by atoms with van der Waals surface area (Å²) >= 11 is 6.00. The third-order valence-corrected chi connectivity index (χ3v) is 3.75. The summed E-state index contributed by atoms with van der Waals surface area (Å²) in [7, 11) is 2.23. The van der Waals surface area contributed by atoms with Gasteiger partial charge in [-0.3, -0.25) is 4.90 Å². The molecule has 0 saturated heterocycles. The van der Waals surface area contributed by atoms with Crippen LogP contribution in [0.25, 0.3) is 0 Å². The molecule has 16 heavy (non-hydrogen) atoms. The van der Waals surface area contributed by atoms with Crippen LogP contribution in [-0.4, -0.2) is 18.0 Å². The number of rotatable bonds is 3. The number of benzene rings is 1. The van der Waals surface area contributed by atoms with E-state index in [0.29, 0.717) is 0 Å². The smallest absolute Gasteiger partial charge is 0.0409 e. The molecule has 1 aliphatic carbocycles. The van der Waals surface area contributed by atoms with Gasteiger partial charge < -0.3 is 0 Å². The van der Waals surface area contributed by atoms with Crippen LogP contribution in [0.2, 0.25) is 5.02 Å². The quantitative estimate of drug-likeness (QED) is 0.765. The molecule has 0 bridgehead atoms. The maximum atomic E-state index is 6.00. The molecule has 1 nitrogen and oxygen atoms in total. The van der Waals surface area contributed by atoms with Crippen LogP contribution >= 0.6 is 11.6 Å². The van der Waals surface area contributed by atoms with Gasteiger partial charge in [0.2, 0.25) is 0 Å². The van der Waals surface area contributed by atoms with Crippen molar-refractivity contribution >= 4 is 11.6 Å². The summed E-state index contributed by atoms with van der Waals surface area (Å²) in [5.74, 6) is 0. The minimum absolute atomic E-state index is 0.771. The van der Waals surface area contributed by atoms with Crippen LogP contribution in [0.15, 0.2) is 24.3 Å². The van der Waals surface area contributed by atoms with E-state index in [1.165, 1.54) is 37.7 Å². The second-order valence-electron chi connectivity index (χ2n) is 4.84. The lowest BCUT2D eigenvalue weighted by atomic mass is 9.94. The fourth-order valence-electron chi connectivity index (χ4n) is 2.57. The van der Waals surface area contributed by atoms with Crippen molar-refractivity contribution in [2.45, 2.75) is 44.7 Å². The Hall–Kier alpha value is -0.530. The normalized spacial score (nSPS) is 17.9. The molecule has 1 aromatic carbocycles. The zero-order valence-electron chi connectivity index (χ0n) is 9.95. The van der Waals surface area contributed by atoms with Gasteiger partial charge >= 0.3 is 0 Å². The van der Waals surface area contributed by atoms with Crippen LogP contribution in [0.4, 0.5) is 0 Å². The molecule has 0 spiro atoms. The van der Waals surface area contributed by atoms with E-state index in [0.717, 1.165) is 17.6 Å². The fraction of sp³-hybridized carbons (Fsp3) is 0.571. The number of hydrogen-bond acceptors (Lipinski definition) is 1. The van der Waals surface area contributed by atoms with Crippen molar-refractivity contribution in [3.05, 3.63) is 34.9 Å². The van der Waals surface area contributed by atoms with Gasteiger partial charge in [-0.15, -0.1) is 0 Å². The zero-order chi connectivity index (χ0) is 11.4. The molecule has 1 aliphatic rings. The summed E-state index contributed by atoms with van der Waals surface area (Å²) < 4.78 is 0. The predicted octanol–water partition coefficient (Wildman–Crippen LogP) is 4.10. The van der Waals surface area contributed by atoms with Crippen molar-refractivity contribution in [3.8, 4) is 0 Å². The predicted molar refractivity (Wildman–Crippen MR) is 69.8 cm³/mol. The first-order valence-electron chi connectivity index (χ1n) is 6.20. The third-order valence-electron chi connectivity index (χ3n) is 3.52. The van der Waals surface area contributed by atoms with Gasteiger partial charge in [-0.2, -0.15) is 0 Å². The Labute approximate surface area is 103 Å². The second-order valence-corrected chi connectivity index (χ2v) is 5.27. The van der Waals surface area contributed by atoms with Crippen LogP contribution in [0.1, 0.15) is 37.7 Å². The zero-order valence-corrected chi connectivity index (χ0v) is 10.7. The molecule has 0 aromatic heterocycles. The highest BCUT2D eigenvalue weighted by Crippen LogP contribution is 2.23. The first kappa shape index (κ1) is 11.9. The second kappa shape index (κ2) is 5.70. The molecule has 1 saturated carbocycles. The molecule has 0 heterocycles. The summed E-state index contributed by atoms with van der Waals surface area (Å²) in [6.45, 7) is 1.02. The molecule has 2 rings (SSSR count). The Morgan fingerprint density at radius 1 is 1.25 bits per heavy atom. The molecule has 0 unspecified atom stereocenters. The molecule has 1 fully saturated rings. The number of nitrogens with zero attached hydrogens (tertiary/aromatic N) is 1. The van der Waals surface area contributed by atoms with Crippen molar-refractivity contribution < 1.29 is 0 Å². The molecule has 0 radical (unpaired) electrons. The minimum atomic E-state index is 0.771. The van der Waals surface area contributed by atoms with Gasteiger partial charge in [-0.05, 0) is 37.6 Å². The van der Waals surface area contributed by atoms with Crippen molar-refractivity contribution in [2.24, 2.45) is 0 Å². The Bertz CT molecular complexity index is 331. The maximum absolute atomic E-state index is 6.00. The Balaban J connectivity index is 1.93. The number of halogens is 1. The summed E-state index contributed by atoms with van der Waals surface area (Å²) in [4.78, 5) is 2.48. The molecule has 0 aliphatic heterocycles. The molecular weight excluding hydrogens is 218 g/mol. The average Bonchev–Trinajstić information content (AvgIpc) is 2.30. The summed E-state index contributed by atoms with van der Waals surface area (Å²) in [5, 5.41) is 0.842. The van der Waals surface area contributed by atoms with E-state index in [1.54, 1.807) is 0 Å². The van der Waals surface area contributed by atoms with E-state index < -0.39 is 0 Å². The Morgan fingerprint density at radius 3 is 2.69 bits per heavy atom. The fourth-order valence-corrected chi connectivity index (χ4v) is 2.79. The highest BCUT2D eigenvalue weighted by molar-refractivity contribution is 6.30. The third kappa shape index (κ3) is 3.23. The van der Waals surface area contributed by atoms with Gasteiger partial charge in [-0.25, -0.2) is 0 Å². The van der Waals surface area contributed by atoms with Crippen molar-refractivity contribution in [1.82, 2.24) is 4.90 Å². The molecule has 88 valence electrons. The molecular formula is C14H20ClN. The first-order chi connectivity index (χ1) is 7.75. The van der Waals surface area contributed by atoms with Gasteiger partial charge in [-0.1, -0.05) is 43.0 Å². The molecule has 0 N–H and O–H groups in total. The van der Waals surface area contributed by atoms with Crippen LogP contribution in [0, 0.1) is 0 Å². The Morgan fingerprint density at radius 2 is 2.00 bits per heavy atom. The minimum Gasteiger partial charge on any atom is -0.299 e. The lowest BCUT2D eigenvalue weighted by Gasteiger charge is -2.31. The maximum Gasteiger partial charge on any atom is 0.0409 e. The highest BCUT2D eigenvalue weighted by atomic mass is 35.5. The van der Waals surface area contributed by atoms with Gasteiger partial charge in [0, 0.05) is 17.6 Å². The van der Waals surface area contributed by atoms with Gasteiger partial charge in [0.05, 0.1) is 0 Å². The van der Waals surface area contributed by atoms with Crippen molar-refractivity contribution in [1.29, 1.82) is 0 Å². The van der Waals surface area contributed by atoms with E-state index in [4.69, 9.17) is 11.6 Å². The van der Waals surface area contributed by atoms with Gasteiger partial charge in [0.1, 0.15) is 0 Å². The standard InChI is InChI=1S/C14H20ClN/c1-16(14-8-3-2-4-9-14)11-12-6-5-7-13(15)10-12/h5-7,10,14H,2-4,8-9,11H2,1H3. The van der Waals surface area contributed by atoms with E-state index in [2.05, 4.69) is 24.1 Å². The number of hydrogen-bond donors (Lipinski definition) is 0. The summed E-state index contributed by atoms with van der Waals surface area (Å²) in [6.07, 6.45) is 6.92. The summed E-state index contributed by atoms with van der Waals surface area (Å²) in [6, 6.07) is 8.97. The lowest BCUT2D eigenvalue weighted by Crippen LogP contribution is -2.32. The van der Waals surface area contributed by atoms with E-state index >= 15 is 0 Å². The van der Waals surface area contributed by atoms with Crippen LogP contribution in [-0.2, 0) is 6.54 Å². The van der Waals surface area contributed by atoms with Crippen LogP contribution < -0.4 is 0 Å². The SMILES string of the molecule is CN(Cc1cccc(Cl)c1)C1CCCCC1. The molecule has 0 amide bonds. The molecule has 0 atom stereocenters. The molecule has 2 heteroatoms. The van der Waals surface area contributed by atoms with E-state index in [9.17, 15) is 0 Å².